The quantitative estimate of drug-likeness (QED) is 0.160. The van der Waals surface area contributed by atoms with Crippen LogP contribution in [0.1, 0.15) is 16.7 Å². The number of alkyl halides is 3. The summed E-state index contributed by atoms with van der Waals surface area (Å²) in [6.07, 6.45) is -3.35. The van der Waals surface area contributed by atoms with E-state index in [9.17, 15) is 23.3 Å². The van der Waals surface area contributed by atoms with Gasteiger partial charge in [0.2, 0.25) is 0 Å². The molecule has 0 unspecified atom stereocenters. The average molecular weight is 642 g/mol. The van der Waals surface area contributed by atoms with E-state index < -0.39 is 22.4 Å². The summed E-state index contributed by atoms with van der Waals surface area (Å²) >= 11 is 18.7. The van der Waals surface area contributed by atoms with E-state index >= 15 is 0 Å². The Morgan fingerprint density at radius 1 is 1.06 bits per heavy atom. The highest BCUT2D eigenvalue weighted by Crippen LogP contribution is 2.36. The number of hydrogen-bond donors (Lipinski definition) is 1. The van der Waals surface area contributed by atoms with Crippen LogP contribution in [-0.2, 0) is 12.8 Å². The second kappa shape index (κ2) is 10.9. The van der Waals surface area contributed by atoms with E-state index in [0.717, 1.165) is 17.7 Å². The van der Waals surface area contributed by atoms with Crippen molar-refractivity contribution >= 4 is 72.7 Å². The number of nitro benzene ring substituents is 1. The fourth-order valence-electron chi connectivity index (χ4n) is 2.71. The Balaban J connectivity index is 1.73. The van der Waals surface area contributed by atoms with Crippen LogP contribution in [0.2, 0.25) is 10.0 Å². The number of anilines is 1. The Kier molecular flexibility index (Phi) is 8.45. The van der Waals surface area contributed by atoms with E-state index in [1.54, 1.807) is 30.3 Å². The smallest absolute Gasteiger partial charge is 0.416 e. The molecule has 34 heavy (non-hydrogen) atoms. The lowest BCUT2D eigenvalue weighted by Crippen LogP contribution is -2.06. The van der Waals surface area contributed by atoms with Crippen LogP contribution in [0.3, 0.4) is 0 Å². The lowest BCUT2D eigenvalue weighted by atomic mass is 10.1. The molecule has 6 nitrogen and oxygen atoms in total. The molecule has 0 radical (unpaired) electrons. The van der Waals surface area contributed by atoms with Gasteiger partial charge >= 0.3 is 6.18 Å². The maximum absolute atomic E-state index is 12.8. The van der Waals surface area contributed by atoms with Crippen molar-refractivity contribution in [2.45, 2.75) is 12.8 Å². The van der Waals surface area contributed by atoms with Gasteiger partial charge in [0.05, 0.1) is 35.7 Å². The molecule has 0 aliphatic carbocycles. The Morgan fingerprint density at radius 2 is 1.74 bits per heavy atom. The zero-order chi connectivity index (χ0) is 25.0. The third-order valence-corrected chi connectivity index (χ3v) is 6.23. The molecule has 0 bridgehead atoms. The van der Waals surface area contributed by atoms with Gasteiger partial charge in [0, 0.05) is 6.07 Å². The van der Waals surface area contributed by atoms with Gasteiger partial charge in [-0.25, -0.2) is 0 Å². The SMILES string of the molecule is O=[N+]([O-])c1cc(C(F)(F)F)ccc1N/N=C\c1cc(Br)c(OCc2ccc(Cl)c(Cl)c2)c(Br)c1. The molecule has 0 saturated carbocycles. The molecule has 0 atom stereocenters. The minimum absolute atomic E-state index is 0.186. The lowest BCUT2D eigenvalue weighted by Gasteiger charge is -2.12. The van der Waals surface area contributed by atoms with Gasteiger partial charge in [-0.05, 0) is 79.4 Å². The summed E-state index contributed by atoms with van der Waals surface area (Å²) in [7, 11) is 0. The zero-order valence-corrected chi connectivity index (χ0v) is 21.4. The van der Waals surface area contributed by atoms with Gasteiger partial charge in [-0.3, -0.25) is 15.5 Å². The molecule has 0 amide bonds. The molecule has 0 saturated heterocycles. The molecule has 0 aliphatic rings. The zero-order valence-electron chi connectivity index (χ0n) is 16.7. The van der Waals surface area contributed by atoms with E-state index in [-0.39, 0.29) is 12.3 Å². The molecule has 0 aliphatic heterocycles. The summed E-state index contributed by atoms with van der Waals surface area (Å²) in [6.45, 7) is 0.223. The van der Waals surface area contributed by atoms with Crippen molar-refractivity contribution in [3.63, 3.8) is 0 Å². The van der Waals surface area contributed by atoms with Crippen LogP contribution in [0.15, 0.2) is 62.6 Å². The number of benzene rings is 3. The second-order valence-corrected chi connectivity index (χ2v) is 9.23. The molecule has 3 aromatic rings. The first-order valence-corrected chi connectivity index (χ1v) is 11.5. The first-order chi connectivity index (χ1) is 16.0. The van der Waals surface area contributed by atoms with E-state index in [0.29, 0.717) is 36.4 Å². The summed E-state index contributed by atoms with van der Waals surface area (Å²) in [5, 5.41) is 15.9. The van der Waals surface area contributed by atoms with Crippen LogP contribution >= 0.6 is 55.1 Å². The van der Waals surface area contributed by atoms with Crippen molar-refractivity contribution in [1.29, 1.82) is 0 Å². The third-order valence-electron chi connectivity index (χ3n) is 4.31. The van der Waals surface area contributed by atoms with Gasteiger partial charge in [0.25, 0.3) is 5.69 Å². The largest absolute Gasteiger partial charge is 0.487 e. The Morgan fingerprint density at radius 3 is 2.32 bits per heavy atom. The maximum Gasteiger partial charge on any atom is 0.416 e. The summed E-state index contributed by atoms with van der Waals surface area (Å²) < 4.78 is 45.5. The number of nitrogens with one attached hydrogen (secondary N) is 1. The van der Waals surface area contributed by atoms with Crippen molar-refractivity contribution < 1.29 is 22.8 Å². The number of nitro groups is 1. The van der Waals surface area contributed by atoms with Crippen LogP contribution in [0, 0.1) is 10.1 Å². The van der Waals surface area contributed by atoms with E-state index in [1.165, 1.54) is 6.21 Å². The fraction of sp³-hybridized carbons (Fsp3) is 0.0952. The molecular formula is C21H12Br2Cl2F3N3O3. The molecule has 3 aromatic carbocycles. The normalized spacial score (nSPS) is 11.6. The Hall–Kier alpha value is -2.34. The predicted octanol–water partition coefficient (Wildman–Crippen LogP) is 8.47. The number of halogens is 7. The van der Waals surface area contributed by atoms with Gasteiger partial charge in [-0.15, -0.1) is 0 Å². The van der Waals surface area contributed by atoms with Gasteiger partial charge in [0.15, 0.2) is 0 Å². The predicted molar refractivity (Wildman–Crippen MR) is 132 cm³/mol. The molecule has 0 heterocycles. The summed E-state index contributed by atoms with van der Waals surface area (Å²) in [4.78, 5) is 10.2. The summed E-state index contributed by atoms with van der Waals surface area (Å²) in [5.41, 5.74) is 1.72. The van der Waals surface area contributed by atoms with Crippen LogP contribution in [0.5, 0.6) is 5.75 Å². The van der Waals surface area contributed by atoms with E-state index in [1.807, 2.05) is 0 Å². The van der Waals surface area contributed by atoms with Gasteiger partial charge in [0.1, 0.15) is 18.0 Å². The number of hydrazone groups is 1. The van der Waals surface area contributed by atoms with Crippen LogP contribution in [0.4, 0.5) is 24.5 Å². The van der Waals surface area contributed by atoms with Gasteiger partial charge in [-0.1, -0.05) is 29.3 Å². The van der Waals surface area contributed by atoms with E-state index in [4.69, 9.17) is 27.9 Å². The van der Waals surface area contributed by atoms with Crippen molar-refractivity contribution in [3.05, 3.63) is 94.3 Å². The highest BCUT2D eigenvalue weighted by Gasteiger charge is 2.33. The maximum atomic E-state index is 12.8. The minimum atomic E-state index is -4.70. The number of nitrogens with zero attached hydrogens (tertiary/aromatic N) is 2. The molecule has 178 valence electrons. The highest BCUT2D eigenvalue weighted by molar-refractivity contribution is 9.11. The minimum Gasteiger partial charge on any atom is -0.487 e. The first kappa shape index (κ1) is 26.3. The molecule has 0 fully saturated rings. The molecular weight excluding hydrogens is 630 g/mol. The fourth-order valence-corrected chi connectivity index (χ4v) is 4.48. The number of ether oxygens (including phenoxy) is 1. The van der Waals surface area contributed by atoms with Crippen molar-refractivity contribution in [1.82, 2.24) is 0 Å². The van der Waals surface area contributed by atoms with Crippen molar-refractivity contribution in [3.8, 4) is 5.75 Å². The number of rotatable bonds is 7. The molecule has 0 spiro atoms. The molecule has 13 heteroatoms. The van der Waals surface area contributed by atoms with E-state index in [2.05, 4.69) is 42.4 Å². The summed E-state index contributed by atoms with van der Waals surface area (Å²) in [6, 6.07) is 10.6. The number of hydrogen-bond acceptors (Lipinski definition) is 5. The average Bonchev–Trinajstić information content (AvgIpc) is 2.75. The van der Waals surface area contributed by atoms with Crippen molar-refractivity contribution in [2.75, 3.05) is 5.43 Å². The molecule has 1 N–H and O–H groups in total. The van der Waals surface area contributed by atoms with Crippen LogP contribution < -0.4 is 10.2 Å². The Labute approximate surface area is 218 Å². The standard InChI is InChI=1S/C21H12Br2Cl2F3N3O3/c22-14-5-12(6-15(23)20(14)34-10-11-1-3-16(24)17(25)7-11)9-29-30-18-4-2-13(21(26,27)28)8-19(18)31(32)33/h1-9,30H,10H2/b29-9-. The molecule has 0 aromatic heterocycles. The Bertz CT molecular complexity index is 1250. The second-order valence-electron chi connectivity index (χ2n) is 6.71. The van der Waals surface area contributed by atoms with Crippen LogP contribution in [0.25, 0.3) is 0 Å². The lowest BCUT2D eigenvalue weighted by molar-refractivity contribution is -0.384. The topological polar surface area (TPSA) is 76.8 Å². The monoisotopic (exact) mass is 639 g/mol. The summed E-state index contributed by atoms with van der Waals surface area (Å²) in [5.74, 6) is 0.509. The molecule has 3 rings (SSSR count). The van der Waals surface area contributed by atoms with Gasteiger partial charge < -0.3 is 4.74 Å². The van der Waals surface area contributed by atoms with Crippen molar-refractivity contribution in [2.24, 2.45) is 5.10 Å². The third kappa shape index (κ3) is 6.62. The first-order valence-electron chi connectivity index (χ1n) is 9.16. The highest BCUT2D eigenvalue weighted by atomic mass is 79.9. The van der Waals surface area contributed by atoms with Gasteiger partial charge in [-0.2, -0.15) is 18.3 Å². The van der Waals surface area contributed by atoms with Crippen LogP contribution in [-0.4, -0.2) is 11.1 Å².